The van der Waals surface area contributed by atoms with Crippen LogP contribution in [0.1, 0.15) is 49.9 Å². The molecule has 0 radical (unpaired) electrons. The monoisotopic (exact) mass is 429 g/mol. The fraction of sp³-hybridized carbons (Fsp3) is 0.269. The van der Waals surface area contributed by atoms with Gasteiger partial charge >= 0.3 is 0 Å². The molecule has 1 heterocycles. The second-order valence-electron chi connectivity index (χ2n) is 9.16. The maximum absolute atomic E-state index is 11.3. The predicted molar refractivity (Wildman–Crippen MR) is 129 cm³/mol. The summed E-state index contributed by atoms with van der Waals surface area (Å²) in [5.41, 5.74) is 6.34. The van der Waals surface area contributed by atoms with E-state index in [1.54, 1.807) is 12.1 Å². The Morgan fingerprint density at radius 3 is 2.25 bits per heavy atom. The molecule has 0 spiro atoms. The van der Waals surface area contributed by atoms with E-state index in [0.717, 1.165) is 45.0 Å². The third-order valence-electron chi connectivity index (χ3n) is 6.10. The Bertz CT molecular complexity index is 1390. The number of nitro benzene ring substituents is 1. The van der Waals surface area contributed by atoms with Crippen LogP contribution in [0.25, 0.3) is 21.8 Å². The molecule has 3 aromatic carbocycles. The number of hydrogen-bond donors (Lipinski definition) is 1. The van der Waals surface area contributed by atoms with Crippen molar-refractivity contribution in [2.75, 3.05) is 0 Å². The molecule has 0 amide bonds. The highest BCUT2D eigenvalue weighted by atomic mass is 16.6. The number of oxime groups is 1. The molecule has 4 rings (SSSR count). The lowest BCUT2D eigenvalue weighted by molar-refractivity contribution is -0.384. The van der Waals surface area contributed by atoms with Crippen LogP contribution < -0.4 is 0 Å². The number of hydrogen-bond acceptors (Lipinski definition) is 4. The lowest BCUT2D eigenvalue weighted by Crippen LogP contribution is -2.13. The van der Waals surface area contributed by atoms with Gasteiger partial charge in [0.1, 0.15) is 5.71 Å². The first-order chi connectivity index (χ1) is 15.2. The summed E-state index contributed by atoms with van der Waals surface area (Å²) in [6.07, 6.45) is 0. The van der Waals surface area contributed by atoms with Crippen molar-refractivity contribution in [2.24, 2.45) is 5.16 Å². The summed E-state index contributed by atoms with van der Waals surface area (Å²) in [4.78, 5) is 11.0. The van der Waals surface area contributed by atoms with Crippen LogP contribution in [0.15, 0.2) is 59.8 Å². The zero-order valence-corrected chi connectivity index (χ0v) is 19.0. The Balaban J connectivity index is 1.91. The summed E-state index contributed by atoms with van der Waals surface area (Å²) in [6, 6.07) is 17.0. The van der Waals surface area contributed by atoms with Gasteiger partial charge in [0.15, 0.2) is 0 Å². The third-order valence-corrected chi connectivity index (χ3v) is 6.10. The first-order valence-corrected chi connectivity index (χ1v) is 10.7. The summed E-state index contributed by atoms with van der Waals surface area (Å²) in [5, 5.41) is 26.6. The van der Waals surface area contributed by atoms with Crippen molar-refractivity contribution in [2.45, 2.75) is 46.6 Å². The van der Waals surface area contributed by atoms with Gasteiger partial charge in [0, 0.05) is 51.6 Å². The van der Waals surface area contributed by atoms with E-state index >= 15 is 0 Å². The van der Waals surface area contributed by atoms with Crippen LogP contribution in [0.5, 0.6) is 0 Å². The number of non-ortho nitro benzene ring substituents is 1. The maximum Gasteiger partial charge on any atom is 0.270 e. The highest BCUT2D eigenvalue weighted by Crippen LogP contribution is 2.33. The zero-order valence-electron chi connectivity index (χ0n) is 19.0. The van der Waals surface area contributed by atoms with E-state index < -0.39 is 0 Å². The van der Waals surface area contributed by atoms with Crippen LogP contribution in [0.3, 0.4) is 0 Å². The molecule has 0 atom stereocenters. The highest BCUT2D eigenvalue weighted by molar-refractivity contribution is 6.17. The van der Waals surface area contributed by atoms with Gasteiger partial charge in [-0.05, 0) is 48.6 Å². The first kappa shape index (κ1) is 21.6. The van der Waals surface area contributed by atoms with Crippen LogP contribution in [-0.4, -0.2) is 20.4 Å². The molecule has 164 valence electrons. The van der Waals surface area contributed by atoms with Crippen molar-refractivity contribution in [3.05, 3.63) is 87.0 Å². The Morgan fingerprint density at radius 1 is 1.03 bits per heavy atom. The van der Waals surface area contributed by atoms with Crippen LogP contribution in [0.2, 0.25) is 0 Å². The van der Waals surface area contributed by atoms with E-state index in [1.807, 2.05) is 31.2 Å². The predicted octanol–water partition coefficient (Wildman–Crippen LogP) is 6.56. The Morgan fingerprint density at radius 2 is 1.69 bits per heavy atom. The molecule has 1 N–H and O–H groups in total. The molecule has 4 aromatic rings. The molecule has 6 heteroatoms. The van der Waals surface area contributed by atoms with Gasteiger partial charge in [-0.3, -0.25) is 10.1 Å². The molecular formula is C26H27N3O3. The van der Waals surface area contributed by atoms with Crippen LogP contribution in [0, 0.1) is 17.0 Å². The summed E-state index contributed by atoms with van der Waals surface area (Å²) >= 11 is 0. The molecule has 32 heavy (non-hydrogen) atoms. The minimum absolute atomic E-state index is 0.0232. The average molecular weight is 430 g/mol. The standard InChI is InChI=1S/C26H27N3O3/c1-6-28-23-11-7-17(14-21(23)22-15-19(29(31)32)9-12-24(22)28)25(27-30)20-10-8-18(13-16(20)2)26(3,4)5/h7-15,30H,6H2,1-5H3/b27-25-. The Kier molecular flexibility index (Phi) is 5.25. The molecule has 0 fully saturated rings. The molecular weight excluding hydrogens is 402 g/mol. The van der Waals surface area contributed by atoms with Crippen LogP contribution >= 0.6 is 0 Å². The molecule has 0 saturated heterocycles. The second-order valence-corrected chi connectivity index (χ2v) is 9.16. The van der Waals surface area contributed by atoms with Gasteiger partial charge < -0.3 is 9.77 Å². The second kappa shape index (κ2) is 7.79. The number of benzene rings is 3. The molecule has 0 aliphatic rings. The van der Waals surface area contributed by atoms with Crippen LogP contribution in [-0.2, 0) is 12.0 Å². The normalized spacial score (nSPS) is 12.6. The number of aromatic nitrogens is 1. The lowest BCUT2D eigenvalue weighted by atomic mass is 9.84. The Hall–Kier alpha value is -3.67. The SMILES string of the molecule is CCn1c2ccc(/C(=N/O)c3ccc(C(C)(C)C)cc3C)cc2c2cc([N+](=O)[O-])ccc21. The molecule has 0 saturated carbocycles. The van der Waals surface area contributed by atoms with E-state index in [4.69, 9.17) is 0 Å². The fourth-order valence-corrected chi connectivity index (χ4v) is 4.36. The molecule has 0 bridgehead atoms. The van der Waals surface area contributed by atoms with Gasteiger partial charge in [0.2, 0.25) is 0 Å². The fourth-order valence-electron chi connectivity index (χ4n) is 4.36. The summed E-state index contributed by atoms with van der Waals surface area (Å²) in [5.74, 6) is 0. The first-order valence-electron chi connectivity index (χ1n) is 10.7. The molecule has 1 aromatic heterocycles. The van der Waals surface area contributed by atoms with Gasteiger partial charge in [-0.15, -0.1) is 0 Å². The number of fused-ring (bicyclic) bond motifs is 3. The van der Waals surface area contributed by atoms with Gasteiger partial charge in [-0.25, -0.2) is 0 Å². The summed E-state index contributed by atoms with van der Waals surface area (Å²) < 4.78 is 2.14. The van der Waals surface area contributed by atoms with Crippen molar-refractivity contribution in [1.29, 1.82) is 0 Å². The van der Waals surface area contributed by atoms with E-state index in [-0.39, 0.29) is 16.0 Å². The largest absolute Gasteiger partial charge is 0.410 e. The number of rotatable bonds is 4. The van der Waals surface area contributed by atoms with E-state index in [0.29, 0.717) is 5.71 Å². The quantitative estimate of drug-likeness (QED) is 0.173. The number of aryl methyl sites for hydroxylation is 2. The molecule has 6 nitrogen and oxygen atoms in total. The lowest BCUT2D eigenvalue weighted by Gasteiger charge is -2.21. The van der Waals surface area contributed by atoms with E-state index in [1.165, 1.54) is 11.6 Å². The highest BCUT2D eigenvalue weighted by Gasteiger charge is 2.19. The Labute approximate surface area is 186 Å². The van der Waals surface area contributed by atoms with Gasteiger partial charge in [0.25, 0.3) is 5.69 Å². The minimum atomic E-state index is -0.376. The van der Waals surface area contributed by atoms with Gasteiger partial charge in [0.05, 0.1) is 4.92 Å². The summed E-state index contributed by atoms with van der Waals surface area (Å²) in [7, 11) is 0. The summed E-state index contributed by atoms with van der Waals surface area (Å²) in [6.45, 7) is 11.3. The maximum atomic E-state index is 11.3. The van der Waals surface area contributed by atoms with Crippen molar-refractivity contribution in [3.8, 4) is 0 Å². The topological polar surface area (TPSA) is 80.7 Å². The molecule has 0 aliphatic carbocycles. The van der Waals surface area contributed by atoms with Gasteiger partial charge in [-0.1, -0.05) is 50.2 Å². The van der Waals surface area contributed by atoms with Crippen molar-refractivity contribution in [3.63, 3.8) is 0 Å². The van der Waals surface area contributed by atoms with Crippen LogP contribution in [0.4, 0.5) is 5.69 Å². The molecule has 0 unspecified atom stereocenters. The third kappa shape index (κ3) is 3.51. The van der Waals surface area contributed by atoms with Crippen molar-refractivity contribution >= 4 is 33.2 Å². The molecule has 0 aliphatic heterocycles. The average Bonchev–Trinajstić information content (AvgIpc) is 3.07. The number of nitrogens with zero attached hydrogens (tertiary/aromatic N) is 3. The minimum Gasteiger partial charge on any atom is -0.410 e. The zero-order chi connectivity index (χ0) is 23.2. The van der Waals surface area contributed by atoms with E-state index in [9.17, 15) is 15.3 Å². The van der Waals surface area contributed by atoms with Gasteiger partial charge in [-0.2, -0.15) is 0 Å². The number of nitro groups is 1. The van der Waals surface area contributed by atoms with E-state index in [2.05, 4.69) is 49.6 Å². The van der Waals surface area contributed by atoms with Crippen molar-refractivity contribution in [1.82, 2.24) is 4.57 Å². The van der Waals surface area contributed by atoms with Crippen molar-refractivity contribution < 1.29 is 10.1 Å². The smallest absolute Gasteiger partial charge is 0.270 e.